The Labute approximate surface area is 294 Å². The zero-order chi connectivity index (χ0) is 33.0. The smallest absolute Gasteiger partial charge is 0.0640 e. The van der Waals surface area contributed by atoms with E-state index in [9.17, 15) is 0 Å². The van der Waals surface area contributed by atoms with E-state index in [-0.39, 0.29) is 0 Å². The molecule has 0 unspecified atom stereocenters. The van der Waals surface area contributed by atoms with Crippen LogP contribution in [0.5, 0.6) is 0 Å². The van der Waals surface area contributed by atoms with Crippen LogP contribution in [0.4, 0.5) is 17.1 Å². The first-order chi connectivity index (χ1) is 24.8. The second-order valence-corrected chi connectivity index (χ2v) is 14.0. The maximum atomic E-state index is 2.47. The van der Waals surface area contributed by atoms with Gasteiger partial charge in [-0.25, -0.2) is 0 Å². The second kappa shape index (κ2) is 11.7. The summed E-state index contributed by atoms with van der Waals surface area (Å²) < 4.78 is 2.59. The molecule has 1 aromatic heterocycles. The predicted octanol–water partition coefficient (Wildman–Crippen LogP) is 14.3. The van der Waals surface area contributed by atoms with Crippen LogP contribution in [0.2, 0.25) is 0 Å². The Kier molecular flexibility index (Phi) is 6.75. The highest BCUT2D eigenvalue weighted by atomic mass is 32.1. The van der Waals surface area contributed by atoms with Gasteiger partial charge in [0.2, 0.25) is 0 Å². The fourth-order valence-electron chi connectivity index (χ4n) is 7.68. The molecule has 2 heteroatoms. The van der Waals surface area contributed by atoms with Crippen LogP contribution < -0.4 is 4.90 Å². The maximum Gasteiger partial charge on any atom is 0.0640 e. The van der Waals surface area contributed by atoms with E-state index >= 15 is 0 Å². The number of nitrogens with zero attached hydrogens (tertiary/aromatic N) is 1. The van der Waals surface area contributed by atoms with Gasteiger partial charge in [-0.3, -0.25) is 0 Å². The minimum absolute atomic E-state index is 1.13. The Hall–Kier alpha value is -6.22. The molecule has 0 bridgehead atoms. The third kappa shape index (κ3) is 4.69. The molecule has 0 saturated carbocycles. The van der Waals surface area contributed by atoms with Gasteiger partial charge in [-0.15, -0.1) is 11.3 Å². The number of rotatable bonds is 5. The topological polar surface area (TPSA) is 3.24 Å². The fraction of sp³-hybridized carbons (Fsp3) is 0. The summed E-state index contributed by atoms with van der Waals surface area (Å²) in [5, 5.41) is 10.1. The van der Waals surface area contributed by atoms with Crippen LogP contribution in [-0.2, 0) is 0 Å². The van der Waals surface area contributed by atoms with Gasteiger partial charge in [0.25, 0.3) is 0 Å². The molecule has 0 spiro atoms. The van der Waals surface area contributed by atoms with Gasteiger partial charge >= 0.3 is 0 Å². The molecule has 0 aliphatic carbocycles. The Morgan fingerprint density at radius 3 is 1.82 bits per heavy atom. The lowest BCUT2D eigenvalue weighted by atomic mass is 9.95. The van der Waals surface area contributed by atoms with E-state index in [1.807, 2.05) is 11.3 Å². The molecule has 10 rings (SSSR count). The quantitative estimate of drug-likeness (QED) is 0.167. The van der Waals surface area contributed by atoms with Crippen LogP contribution in [0, 0.1) is 0 Å². The first kappa shape index (κ1) is 28.8. The van der Waals surface area contributed by atoms with Crippen molar-refractivity contribution < 1.29 is 0 Å². The lowest BCUT2D eigenvalue weighted by Gasteiger charge is -2.28. The molecule has 0 atom stereocenters. The number of benzene rings is 9. The average molecular weight is 654 g/mol. The molecule has 0 N–H and O–H groups in total. The van der Waals surface area contributed by atoms with Gasteiger partial charge in [0.15, 0.2) is 0 Å². The Bertz CT molecular complexity index is 2870. The molecule has 0 saturated heterocycles. The van der Waals surface area contributed by atoms with E-state index in [0.29, 0.717) is 0 Å². The van der Waals surface area contributed by atoms with Crippen LogP contribution in [-0.4, -0.2) is 0 Å². The zero-order valence-electron chi connectivity index (χ0n) is 27.3. The monoisotopic (exact) mass is 653 g/mol. The van der Waals surface area contributed by atoms with Crippen molar-refractivity contribution in [1.82, 2.24) is 0 Å². The van der Waals surface area contributed by atoms with Crippen LogP contribution in [0.15, 0.2) is 188 Å². The van der Waals surface area contributed by atoms with E-state index in [1.54, 1.807) is 0 Å². The van der Waals surface area contributed by atoms with Crippen molar-refractivity contribution in [3.8, 4) is 22.3 Å². The predicted molar refractivity (Wildman–Crippen MR) is 217 cm³/mol. The second-order valence-electron chi connectivity index (χ2n) is 12.9. The molecule has 0 amide bonds. The van der Waals surface area contributed by atoms with Crippen LogP contribution in [0.1, 0.15) is 0 Å². The van der Waals surface area contributed by atoms with Gasteiger partial charge in [0, 0.05) is 26.5 Å². The lowest BCUT2D eigenvalue weighted by molar-refractivity contribution is 1.32. The summed E-state index contributed by atoms with van der Waals surface area (Å²) in [4.78, 5) is 2.47. The number of hydrogen-bond acceptors (Lipinski definition) is 2. The lowest BCUT2D eigenvalue weighted by Crippen LogP contribution is -2.10. The largest absolute Gasteiger partial charge is 0.308 e. The maximum absolute atomic E-state index is 2.47. The van der Waals surface area contributed by atoms with Crippen molar-refractivity contribution >= 4 is 80.9 Å². The molecular formula is C48H31NS. The first-order valence-corrected chi connectivity index (χ1v) is 17.9. The highest BCUT2D eigenvalue weighted by Crippen LogP contribution is 2.47. The molecule has 9 aromatic carbocycles. The molecule has 234 valence electrons. The van der Waals surface area contributed by atoms with Crippen molar-refractivity contribution in [1.29, 1.82) is 0 Å². The van der Waals surface area contributed by atoms with Gasteiger partial charge in [-0.2, -0.15) is 0 Å². The molecular weight excluding hydrogens is 623 g/mol. The van der Waals surface area contributed by atoms with Gasteiger partial charge in [-0.05, 0) is 85.6 Å². The van der Waals surface area contributed by atoms with E-state index in [4.69, 9.17) is 0 Å². The Morgan fingerprint density at radius 2 is 0.960 bits per heavy atom. The van der Waals surface area contributed by atoms with Crippen LogP contribution >= 0.6 is 11.3 Å². The van der Waals surface area contributed by atoms with E-state index in [1.165, 1.54) is 86.1 Å². The first-order valence-electron chi connectivity index (χ1n) is 17.1. The number of thiophene rings is 1. The molecule has 1 nitrogen and oxygen atoms in total. The fourth-order valence-corrected chi connectivity index (χ4v) is 8.89. The van der Waals surface area contributed by atoms with Crippen molar-refractivity contribution in [3.63, 3.8) is 0 Å². The SMILES string of the molecule is c1cc(-c2ccc(N(c3cc4ccccc4c4ccccc34)c3cccc4c3sc3ccccc34)cc2)cc(-c2cccc3ccccc23)c1. The summed E-state index contributed by atoms with van der Waals surface area (Å²) in [6.45, 7) is 0. The normalized spacial score (nSPS) is 11.6. The standard InChI is InChI=1S/C48H31NS/c1-3-17-38-33(12-1)14-10-22-39(38)35-16-9-15-34(30-35)32-26-28-37(29-27-32)49(45-24-11-23-44-43-21-7-8-25-47(43)50-48(44)45)46-31-36-13-2-4-18-40(36)41-19-5-6-20-42(41)46/h1-31H. The van der Waals surface area contributed by atoms with Gasteiger partial charge in [-0.1, -0.05) is 152 Å². The molecule has 0 aliphatic rings. The summed E-state index contributed by atoms with van der Waals surface area (Å²) in [5.41, 5.74) is 8.38. The molecule has 50 heavy (non-hydrogen) atoms. The van der Waals surface area contributed by atoms with Crippen molar-refractivity contribution in [2.24, 2.45) is 0 Å². The van der Waals surface area contributed by atoms with Gasteiger partial charge in [0.1, 0.15) is 0 Å². The minimum atomic E-state index is 1.13. The molecule has 10 aromatic rings. The van der Waals surface area contributed by atoms with Crippen molar-refractivity contribution in [2.45, 2.75) is 0 Å². The molecule has 0 aliphatic heterocycles. The summed E-state index contributed by atoms with van der Waals surface area (Å²) in [7, 11) is 0. The van der Waals surface area contributed by atoms with E-state index < -0.39 is 0 Å². The number of anilines is 3. The number of fused-ring (bicyclic) bond motifs is 7. The zero-order valence-corrected chi connectivity index (χ0v) is 28.1. The number of hydrogen-bond donors (Lipinski definition) is 0. The van der Waals surface area contributed by atoms with E-state index in [2.05, 4.69) is 193 Å². The van der Waals surface area contributed by atoms with Gasteiger partial charge in [0.05, 0.1) is 16.1 Å². The van der Waals surface area contributed by atoms with Crippen molar-refractivity contribution in [3.05, 3.63) is 188 Å². The Morgan fingerprint density at radius 1 is 0.340 bits per heavy atom. The molecule has 1 heterocycles. The summed E-state index contributed by atoms with van der Waals surface area (Å²) >= 11 is 1.87. The van der Waals surface area contributed by atoms with Crippen LogP contribution in [0.25, 0.3) is 74.7 Å². The summed E-state index contributed by atoms with van der Waals surface area (Å²) in [6.07, 6.45) is 0. The Balaban J connectivity index is 1.16. The molecule has 0 fully saturated rings. The van der Waals surface area contributed by atoms with Crippen LogP contribution in [0.3, 0.4) is 0 Å². The highest BCUT2D eigenvalue weighted by Gasteiger charge is 2.21. The third-order valence-electron chi connectivity index (χ3n) is 10.0. The van der Waals surface area contributed by atoms with E-state index in [0.717, 1.165) is 5.69 Å². The van der Waals surface area contributed by atoms with Crippen molar-refractivity contribution in [2.75, 3.05) is 4.90 Å². The average Bonchev–Trinajstić information content (AvgIpc) is 3.58. The van der Waals surface area contributed by atoms with Gasteiger partial charge < -0.3 is 4.90 Å². The minimum Gasteiger partial charge on any atom is -0.308 e. The third-order valence-corrected chi connectivity index (χ3v) is 11.2. The summed E-state index contributed by atoms with van der Waals surface area (Å²) in [5.74, 6) is 0. The molecule has 0 radical (unpaired) electrons. The highest BCUT2D eigenvalue weighted by molar-refractivity contribution is 7.26. The summed E-state index contributed by atoms with van der Waals surface area (Å²) in [6, 6.07) is 68.7.